The number of nitrogens with zero attached hydrogens (tertiary/aromatic N) is 1. The smallest absolute Gasteiger partial charge is 0.211 e. The van der Waals surface area contributed by atoms with E-state index in [1.165, 1.54) is 0 Å². The number of rotatable bonds is 0. The van der Waals surface area contributed by atoms with Gasteiger partial charge >= 0.3 is 0 Å². The number of hydrogen-bond acceptors (Lipinski definition) is 4. The van der Waals surface area contributed by atoms with Crippen LogP contribution in [0, 0.1) is 0 Å². The molecule has 1 heterocycles. The van der Waals surface area contributed by atoms with E-state index in [9.17, 15) is 4.79 Å². The molecule has 0 unspecified atom stereocenters. The Hall–Kier alpha value is -1.29. The first-order valence-corrected chi connectivity index (χ1v) is 5.39. The predicted octanol–water partition coefficient (Wildman–Crippen LogP) is 1.95. The van der Waals surface area contributed by atoms with E-state index in [2.05, 4.69) is 5.16 Å². The minimum atomic E-state index is -0.159. The molecular formula is C10H9NO2S. The van der Waals surface area contributed by atoms with E-state index >= 15 is 0 Å². The maximum Gasteiger partial charge on any atom is 0.211 e. The number of benzene rings is 1. The highest BCUT2D eigenvalue weighted by Crippen LogP contribution is 2.22. The summed E-state index contributed by atoms with van der Waals surface area (Å²) < 4.78 is 0. The van der Waals surface area contributed by atoms with E-state index in [0.717, 1.165) is 11.3 Å². The second-order valence-electron chi connectivity index (χ2n) is 3.03. The lowest BCUT2D eigenvalue weighted by molar-refractivity contribution is 0.106. The topological polar surface area (TPSA) is 49.7 Å². The van der Waals surface area contributed by atoms with Gasteiger partial charge in [-0.3, -0.25) is 4.79 Å². The molecule has 0 aromatic heterocycles. The van der Waals surface area contributed by atoms with Crippen LogP contribution in [0.15, 0.2) is 29.4 Å². The second kappa shape index (κ2) is 3.84. The Kier molecular flexibility index (Phi) is 2.54. The van der Waals surface area contributed by atoms with Crippen molar-refractivity contribution in [3.8, 4) is 0 Å². The highest BCUT2D eigenvalue weighted by Gasteiger charge is 2.21. The number of carbonyl (C=O) groups is 1. The first-order valence-electron chi connectivity index (χ1n) is 4.24. The van der Waals surface area contributed by atoms with Crippen molar-refractivity contribution in [1.29, 1.82) is 0 Å². The van der Waals surface area contributed by atoms with Crippen LogP contribution in [0.25, 0.3) is 0 Å². The van der Waals surface area contributed by atoms with Gasteiger partial charge in [0.2, 0.25) is 5.78 Å². The molecule has 0 spiro atoms. The van der Waals surface area contributed by atoms with E-state index in [4.69, 9.17) is 5.21 Å². The number of oxime groups is 1. The van der Waals surface area contributed by atoms with Gasteiger partial charge in [-0.25, -0.2) is 0 Å². The van der Waals surface area contributed by atoms with Crippen molar-refractivity contribution >= 4 is 23.3 Å². The Morgan fingerprint density at radius 3 is 2.86 bits per heavy atom. The third-order valence-electron chi connectivity index (χ3n) is 2.14. The molecule has 0 amide bonds. The zero-order valence-electron chi connectivity index (χ0n) is 7.43. The van der Waals surface area contributed by atoms with Crippen LogP contribution in [0.5, 0.6) is 0 Å². The summed E-state index contributed by atoms with van der Waals surface area (Å²) >= 11 is 1.58. The van der Waals surface area contributed by atoms with Gasteiger partial charge in [-0.2, -0.15) is 11.8 Å². The predicted molar refractivity (Wildman–Crippen MR) is 56.2 cm³/mol. The van der Waals surface area contributed by atoms with Crippen LogP contribution < -0.4 is 0 Å². The zero-order chi connectivity index (χ0) is 9.97. The first-order chi connectivity index (χ1) is 6.83. The Balaban J connectivity index is 2.50. The van der Waals surface area contributed by atoms with Crippen molar-refractivity contribution < 1.29 is 10.0 Å². The lowest BCUT2D eigenvalue weighted by atomic mass is 10.0. The molecule has 4 heteroatoms. The van der Waals surface area contributed by atoms with E-state index in [1.807, 2.05) is 18.2 Å². The average Bonchev–Trinajstić information content (AvgIpc) is 2.39. The van der Waals surface area contributed by atoms with Crippen LogP contribution in [0.4, 0.5) is 0 Å². The highest BCUT2D eigenvalue weighted by molar-refractivity contribution is 7.99. The summed E-state index contributed by atoms with van der Waals surface area (Å²) in [5.74, 6) is 1.11. The molecule has 1 aromatic carbocycles. The molecule has 0 fully saturated rings. The minimum Gasteiger partial charge on any atom is -0.411 e. The van der Waals surface area contributed by atoms with E-state index in [-0.39, 0.29) is 11.5 Å². The number of ketones is 1. The van der Waals surface area contributed by atoms with Gasteiger partial charge in [0.05, 0.1) is 0 Å². The summed E-state index contributed by atoms with van der Waals surface area (Å²) in [6.45, 7) is 0. The van der Waals surface area contributed by atoms with Crippen molar-refractivity contribution in [2.24, 2.45) is 5.16 Å². The van der Waals surface area contributed by atoms with Gasteiger partial charge < -0.3 is 5.21 Å². The normalized spacial score (nSPS) is 19.1. The van der Waals surface area contributed by atoms with Gasteiger partial charge in [0, 0.05) is 17.1 Å². The number of fused-ring (bicyclic) bond motifs is 1. The van der Waals surface area contributed by atoms with Crippen molar-refractivity contribution in [2.45, 2.75) is 5.75 Å². The van der Waals surface area contributed by atoms with Crippen molar-refractivity contribution in [3.05, 3.63) is 35.4 Å². The molecule has 0 atom stereocenters. The van der Waals surface area contributed by atoms with Gasteiger partial charge in [-0.15, -0.1) is 0 Å². The number of thioether (sulfide) groups is 1. The Bertz CT molecular complexity index is 401. The largest absolute Gasteiger partial charge is 0.411 e. The van der Waals surface area contributed by atoms with Gasteiger partial charge in [0.25, 0.3) is 0 Å². The molecule has 0 saturated heterocycles. The summed E-state index contributed by atoms with van der Waals surface area (Å²) in [6.07, 6.45) is 0. The fraction of sp³-hybridized carbons (Fsp3) is 0.200. The first kappa shape index (κ1) is 9.27. The van der Waals surface area contributed by atoms with E-state index in [1.54, 1.807) is 17.8 Å². The average molecular weight is 207 g/mol. The third-order valence-corrected chi connectivity index (χ3v) is 3.13. The van der Waals surface area contributed by atoms with Crippen LogP contribution in [0.3, 0.4) is 0 Å². The highest BCUT2D eigenvalue weighted by atomic mass is 32.2. The lowest BCUT2D eigenvalue weighted by Crippen LogP contribution is -2.15. The molecule has 1 aromatic rings. The Morgan fingerprint density at radius 1 is 1.29 bits per heavy atom. The molecular weight excluding hydrogens is 198 g/mol. The quantitative estimate of drug-likeness (QED) is 0.522. The van der Waals surface area contributed by atoms with Gasteiger partial charge in [0.1, 0.15) is 5.71 Å². The monoisotopic (exact) mass is 207 g/mol. The summed E-state index contributed by atoms with van der Waals surface area (Å²) in [6, 6.07) is 7.44. The maximum absolute atomic E-state index is 11.8. The summed E-state index contributed by atoms with van der Waals surface area (Å²) in [5, 5.41) is 11.7. The molecule has 1 N–H and O–H groups in total. The fourth-order valence-electron chi connectivity index (χ4n) is 1.42. The van der Waals surface area contributed by atoms with Crippen molar-refractivity contribution in [1.82, 2.24) is 0 Å². The number of carbonyl (C=O) groups excluding carboxylic acids is 1. The molecule has 0 aliphatic carbocycles. The standard InChI is InChI=1S/C10H9NO2S/c12-10-8-4-2-1-3-7(8)5-14-6-9(10)11-13/h1-4,13H,5-6H2. The van der Waals surface area contributed by atoms with Gasteiger partial charge in [-0.1, -0.05) is 29.4 Å². The van der Waals surface area contributed by atoms with Crippen LogP contribution in [0.1, 0.15) is 15.9 Å². The van der Waals surface area contributed by atoms with Crippen LogP contribution in [-0.2, 0) is 5.75 Å². The number of hydrogen-bond donors (Lipinski definition) is 1. The fourth-order valence-corrected chi connectivity index (χ4v) is 2.38. The van der Waals surface area contributed by atoms with Gasteiger partial charge in [-0.05, 0) is 5.56 Å². The molecule has 3 nitrogen and oxygen atoms in total. The molecule has 14 heavy (non-hydrogen) atoms. The summed E-state index contributed by atoms with van der Waals surface area (Å²) in [7, 11) is 0. The number of Topliss-reactive ketones (excluding diaryl/α,β-unsaturated/α-hetero) is 1. The second-order valence-corrected chi connectivity index (χ2v) is 4.01. The van der Waals surface area contributed by atoms with Crippen LogP contribution in [-0.4, -0.2) is 22.5 Å². The van der Waals surface area contributed by atoms with E-state index in [0.29, 0.717) is 11.3 Å². The lowest BCUT2D eigenvalue weighted by Gasteiger charge is -2.01. The molecule has 0 bridgehead atoms. The maximum atomic E-state index is 11.8. The van der Waals surface area contributed by atoms with E-state index < -0.39 is 0 Å². The summed E-state index contributed by atoms with van der Waals surface area (Å²) in [5.41, 5.74) is 1.91. The molecule has 2 rings (SSSR count). The van der Waals surface area contributed by atoms with Crippen molar-refractivity contribution in [3.63, 3.8) is 0 Å². The molecule has 0 radical (unpaired) electrons. The van der Waals surface area contributed by atoms with Crippen LogP contribution in [0.2, 0.25) is 0 Å². The summed E-state index contributed by atoms with van der Waals surface area (Å²) in [4.78, 5) is 11.8. The SMILES string of the molecule is O=C1C(=NO)CSCc2ccccc21. The molecule has 1 aliphatic heterocycles. The third kappa shape index (κ3) is 1.53. The van der Waals surface area contributed by atoms with Crippen molar-refractivity contribution in [2.75, 3.05) is 5.75 Å². The molecule has 72 valence electrons. The Labute approximate surface area is 85.8 Å². The molecule has 1 aliphatic rings. The van der Waals surface area contributed by atoms with Crippen LogP contribution >= 0.6 is 11.8 Å². The molecule has 0 saturated carbocycles. The van der Waals surface area contributed by atoms with Gasteiger partial charge in [0.15, 0.2) is 0 Å². The Morgan fingerprint density at radius 2 is 2.07 bits per heavy atom. The minimum absolute atomic E-state index is 0.159. The zero-order valence-corrected chi connectivity index (χ0v) is 8.25.